The second-order valence-corrected chi connectivity index (χ2v) is 8.93. The van der Waals surface area contributed by atoms with Gasteiger partial charge in [-0.3, -0.25) is 14.7 Å². The van der Waals surface area contributed by atoms with Crippen molar-refractivity contribution < 1.29 is 9.59 Å². The monoisotopic (exact) mass is 410 g/mol. The summed E-state index contributed by atoms with van der Waals surface area (Å²) in [5.74, 6) is 0.761. The summed E-state index contributed by atoms with van der Waals surface area (Å²) in [7, 11) is 0. The summed E-state index contributed by atoms with van der Waals surface area (Å²) in [5, 5.41) is 0. The third-order valence-electron chi connectivity index (χ3n) is 7.09. The molecule has 3 heterocycles. The number of carbonyl (C=O) groups excluding carboxylic acids is 2. The highest BCUT2D eigenvalue weighted by Crippen LogP contribution is 2.37. The zero-order valence-electron chi connectivity index (χ0n) is 18.1. The fraction of sp³-hybridized carbons (Fsp3) is 0.625. The van der Waals surface area contributed by atoms with Crippen molar-refractivity contribution in [2.24, 2.45) is 5.92 Å². The van der Waals surface area contributed by atoms with Crippen LogP contribution in [0.3, 0.4) is 0 Å². The van der Waals surface area contributed by atoms with Crippen molar-refractivity contribution in [2.75, 3.05) is 32.7 Å². The van der Waals surface area contributed by atoms with Gasteiger partial charge in [0.2, 0.25) is 0 Å². The van der Waals surface area contributed by atoms with Gasteiger partial charge in [0.1, 0.15) is 5.54 Å². The number of likely N-dealkylation sites (N-methyl/N-ethyl adjacent to an activating group) is 1. The fourth-order valence-electron chi connectivity index (χ4n) is 5.38. The van der Waals surface area contributed by atoms with Gasteiger partial charge in [-0.05, 0) is 69.4 Å². The van der Waals surface area contributed by atoms with Crippen LogP contribution in [-0.2, 0) is 11.2 Å². The van der Waals surface area contributed by atoms with Crippen LogP contribution in [-0.4, -0.2) is 69.9 Å². The van der Waals surface area contributed by atoms with Crippen molar-refractivity contribution in [3.63, 3.8) is 0 Å². The Morgan fingerprint density at radius 2 is 2.03 bits per heavy atom. The van der Waals surface area contributed by atoms with Crippen molar-refractivity contribution in [1.29, 1.82) is 0 Å². The maximum Gasteiger partial charge on any atom is 0.327 e. The van der Waals surface area contributed by atoms with Crippen molar-refractivity contribution in [1.82, 2.24) is 19.7 Å². The highest BCUT2D eigenvalue weighted by atomic mass is 16.2. The van der Waals surface area contributed by atoms with Crippen LogP contribution in [0.15, 0.2) is 36.7 Å². The van der Waals surface area contributed by atoms with E-state index in [2.05, 4.69) is 22.0 Å². The molecule has 2 fully saturated rings. The van der Waals surface area contributed by atoms with E-state index in [1.807, 2.05) is 30.2 Å². The van der Waals surface area contributed by atoms with Crippen LogP contribution in [0, 0.1) is 5.92 Å². The summed E-state index contributed by atoms with van der Waals surface area (Å²) in [5.41, 5.74) is 0.521. The predicted molar refractivity (Wildman–Crippen MR) is 117 cm³/mol. The molecule has 3 aliphatic rings. The van der Waals surface area contributed by atoms with Gasteiger partial charge in [0, 0.05) is 45.1 Å². The Bertz CT molecular complexity index is 771. The zero-order chi connectivity index (χ0) is 21.0. The molecule has 2 aliphatic heterocycles. The van der Waals surface area contributed by atoms with Gasteiger partial charge in [0.05, 0.1) is 0 Å². The number of nitrogens with zero attached hydrogens (tertiary/aromatic N) is 4. The highest BCUT2D eigenvalue weighted by molar-refractivity contribution is 6.07. The number of hydrogen-bond acceptors (Lipinski definition) is 4. The van der Waals surface area contributed by atoms with E-state index >= 15 is 0 Å². The minimum absolute atomic E-state index is 0.0285. The molecule has 1 spiro atoms. The molecule has 6 heteroatoms. The van der Waals surface area contributed by atoms with Crippen LogP contribution in [0.2, 0.25) is 0 Å². The van der Waals surface area contributed by atoms with Crippen molar-refractivity contribution >= 4 is 11.9 Å². The van der Waals surface area contributed by atoms with Gasteiger partial charge in [0.25, 0.3) is 5.91 Å². The van der Waals surface area contributed by atoms with E-state index in [0.29, 0.717) is 13.1 Å². The Labute approximate surface area is 179 Å². The molecule has 162 valence electrons. The Balaban J connectivity index is 1.36. The van der Waals surface area contributed by atoms with Crippen LogP contribution in [0.4, 0.5) is 4.79 Å². The standard InChI is InChI=1S/C24H34N4O2/c1-2-28-23(30)27(15-7-11-20-10-6-14-25-18-20)22(29)24(28)12-16-26(17-13-24)19-21-8-4-3-5-9-21/h3-4,6,10,14,18,21H,2,5,7-9,11-13,15-17,19H2,1H3. The van der Waals surface area contributed by atoms with Gasteiger partial charge in [-0.1, -0.05) is 18.2 Å². The van der Waals surface area contributed by atoms with Gasteiger partial charge in [-0.15, -0.1) is 0 Å². The molecule has 1 aromatic heterocycles. The summed E-state index contributed by atoms with van der Waals surface area (Å²) in [6, 6.07) is 3.87. The van der Waals surface area contributed by atoms with Gasteiger partial charge >= 0.3 is 6.03 Å². The molecule has 1 aliphatic carbocycles. The lowest BCUT2D eigenvalue weighted by molar-refractivity contribution is -0.135. The number of aryl methyl sites for hydroxylation is 1. The number of piperidine rings is 1. The lowest BCUT2D eigenvalue weighted by Crippen LogP contribution is -2.57. The van der Waals surface area contributed by atoms with Gasteiger partial charge in [-0.25, -0.2) is 4.79 Å². The van der Waals surface area contributed by atoms with E-state index in [9.17, 15) is 9.59 Å². The number of carbonyl (C=O) groups is 2. The topological polar surface area (TPSA) is 56.8 Å². The van der Waals surface area contributed by atoms with Crippen LogP contribution in [0.25, 0.3) is 0 Å². The summed E-state index contributed by atoms with van der Waals surface area (Å²) < 4.78 is 0. The Hall–Kier alpha value is -2.21. The summed E-state index contributed by atoms with van der Waals surface area (Å²) >= 11 is 0. The van der Waals surface area contributed by atoms with E-state index in [4.69, 9.17) is 0 Å². The number of urea groups is 1. The first-order chi connectivity index (χ1) is 14.6. The second-order valence-electron chi connectivity index (χ2n) is 8.93. The molecular weight excluding hydrogens is 376 g/mol. The molecule has 3 amide bonds. The maximum absolute atomic E-state index is 13.4. The summed E-state index contributed by atoms with van der Waals surface area (Å²) in [4.78, 5) is 36.5. The quantitative estimate of drug-likeness (QED) is 0.510. The molecule has 6 nitrogen and oxygen atoms in total. The molecule has 4 rings (SSSR count). The van der Waals surface area contributed by atoms with Crippen LogP contribution >= 0.6 is 0 Å². The number of rotatable bonds is 7. The van der Waals surface area contributed by atoms with E-state index in [0.717, 1.165) is 56.8 Å². The first-order valence-electron chi connectivity index (χ1n) is 11.5. The van der Waals surface area contributed by atoms with Gasteiger partial charge in [0.15, 0.2) is 0 Å². The Kier molecular flexibility index (Phi) is 6.52. The smallest absolute Gasteiger partial charge is 0.310 e. The molecule has 1 aromatic rings. The van der Waals surface area contributed by atoms with Crippen LogP contribution in [0.5, 0.6) is 0 Å². The average Bonchev–Trinajstić information content (AvgIpc) is 2.97. The molecule has 2 saturated heterocycles. The minimum atomic E-state index is -0.622. The van der Waals surface area contributed by atoms with Crippen molar-refractivity contribution in [3.8, 4) is 0 Å². The first kappa shape index (κ1) is 21.0. The molecular formula is C24H34N4O2. The minimum Gasteiger partial charge on any atom is -0.310 e. The summed E-state index contributed by atoms with van der Waals surface area (Å²) in [6.45, 7) is 5.99. The molecule has 0 N–H and O–H groups in total. The number of likely N-dealkylation sites (tertiary alicyclic amines) is 1. The number of imide groups is 1. The average molecular weight is 411 g/mol. The summed E-state index contributed by atoms with van der Waals surface area (Å²) in [6.07, 6.45) is 14.9. The van der Waals surface area contributed by atoms with E-state index in [-0.39, 0.29) is 11.9 Å². The number of hydrogen-bond donors (Lipinski definition) is 0. The number of amides is 3. The molecule has 0 aromatic carbocycles. The largest absolute Gasteiger partial charge is 0.327 e. The number of aromatic nitrogens is 1. The number of pyridine rings is 1. The van der Waals surface area contributed by atoms with Crippen LogP contribution < -0.4 is 0 Å². The molecule has 0 saturated carbocycles. The Morgan fingerprint density at radius 1 is 1.20 bits per heavy atom. The van der Waals surface area contributed by atoms with Gasteiger partial charge in [-0.2, -0.15) is 0 Å². The first-order valence-corrected chi connectivity index (χ1v) is 11.5. The third-order valence-corrected chi connectivity index (χ3v) is 7.09. The van der Waals surface area contributed by atoms with E-state index in [1.54, 1.807) is 6.20 Å². The fourth-order valence-corrected chi connectivity index (χ4v) is 5.38. The van der Waals surface area contributed by atoms with E-state index < -0.39 is 5.54 Å². The lowest BCUT2D eigenvalue weighted by Gasteiger charge is -2.42. The van der Waals surface area contributed by atoms with Crippen molar-refractivity contribution in [3.05, 3.63) is 42.2 Å². The van der Waals surface area contributed by atoms with Gasteiger partial charge < -0.3 is 9.80 Å². The molecule has 0 radical (unpaired) electrons. The lowest BCUT2D eigenvalue weighted by atomic mass is 9.84. The third kappa shape index (κ3) is 4.15. The predicted octanol–water partition coefficient (Wildman–Crippen LogP) is 3.49. The number of allylic oxidation sites excluding steroid dienone is 2. The van der Waals surface area contributed by atoms with Crippen LogP contribution in [0.1, 0.15) is 51.0 Å². The molecule has 30 heavy (non-hydrogen) atoms. The molecule has 0 bridgehead atoms. The molecule has 1 atom stereocenters. The van der Waals surface area contributed by atoms with E-state index in [1.165, 1.54) is 24.2 Å². The van der Waals surface area contributed by atoms with Crippen molar-refractivity contribution in [2.45, 2.75) is 57.4 Å². The molecule has 1 unspecified atom stereocenters. The maximum atomic E-state index is 13.4. The Morgan fingerprint density at radius 3 is 2.70 bits per heavy atom. The second kappa shape index (κ2) is 9.29. The SMILES string of the molecule is CCN1C(=O)N(CCCc2cccnc2)C(=O)C12CCN(CC1CC=CCC1)CC2. The highest BCUT2D eigenvalue weighted by Gasteiger charge is 2.57. The zero-order valence-corrected chi connectivity index (χ0v) is 18.1. The normalized spacial score (nSPS) is 24.2.